The van der Waals surface area contributed by atoms with E-state index in [2.05, 4.69) is 10.3 Å². The van der Waals surface area contributed by atoms with Gasteiger partial charge in [0.05, 0.1) is 18.4 Å². The first-order valence-corrected chi connectivity index (χ1v) is 7.53. The fraction of sp³-hybridized carbons (Fsp3) is 0.500. The molecule has 0 aliphatic carbocycles. The van der Waals surface area contributed by atoms with Crippen LogP contribution in [0.1, 0.15) is 18.5 Å². The van der Waals surface area contributed by atoms with Gasteiger partial charge in [0.15, 0.2) is 0 Å². The number of nitrogens with one attached hydrogen (secondary N) is 1. The van der Waals surface area contributed by atoms with E-state index in [1.54, 1.807) is 6.20 Å². The molecule has 2 aliphatic heterocycles. The van der Waals surface area contributed by atoms with Crippen LogP contribution in [-0.4, -0.2) is 47.6 Å². The van der Waals surface area contributed by atoms with Crippen molar-refractivity contribution >= 4 is 5.91 Å². The average molecular weight is 287 g/mol. The van der Waals surface area contributed by atoms with Crippen molar-refractivity contribution in [3.05, 3.63) is 42.2 Å². The molecule has 0 saturated carbocycles. The molecule has 3 heterocycles. The highest BCUT2D eigenvalue weighted by Gasteiger charge is 2.28. The van der Waals surface area contributed by atoms with Crippen LogP contribution in [0.2, 0.25) is 0 Å². The summed E-state index contributed by atoms with van der Waals surface area (Å²) in [5.41, 5.74) is 0.955. The third-order valence-electron chi connectivity index (χ3n) is 4.00. The molecule has 3 rings (SSSR count). The number of nitrogens with zero attached hydrogens (tertiary/aromatic N) is 2. The standard InChI is InChI=1S/C16H21N3O2/c20-16(15-5-3-9-18-15)19-10-6-14(7-11-19)21-12-13-4-1-2-8-17-13/h1-5,8,14-15,18H,6-7,9-12H2. The van der Waals surface area contributed by atoms with Crippen molar-refractivity contribution in [1.82, 2.24) is 15.2 Å². The number of amides is 1. The van der Waals surface area contributed by atoms with Crippen molar-refractivity contribution < 1.29 is 9.53 Å². The van der Waals surface area contributed by atoms with Crippen molar-refractivity contribution in [2.75, 3.05) is 19.6 Å². The van der Waals surface area contributed by atoms with Gasteiger partial charge in [-0.25, -0.2) is 0 Å². The van der Waals surface area contributed by atoms with Gasteiger partial charge in [-0.1, -0.05) is 18.2 Å². The molecule has 1 saturated heterocycles. The number of piperidine rings is 1. The number of likely N-dealkylation sites (tertiary alicyclic amines) is 1. The van der Waals surface area contributed by atoms with Gasteiger partial charge in [0.2, 0.25) is 5.91 Å². The lowest BCUT2D eigenvalue weighted by Gasteiger charge is -2.33. The van der Waals surface area contributed by atoms with Gasteiger partial charge < -0.3 is 9.64 Å². The van der Waals surface area contributed by atoms with Crippen LogP contribution in [0.3, 0.4) is 0 Å². The molecule has 112 valence electrons. The van der Waals surface area contributed by atoms with Crippen LogP contribution in [-0.2, 0) is 16.1 Å². The van der Waals surface area contributed by atoms with Gasteiger partial charge in [0, 0.05) is 25.8 Å². The van der Waals surface area contributed by atoms with Gasteiger partial charge in [0.1, 0.15) is 6.04 Å². The Morgan fingerprint density at radius 3 is 2.90 bits per heavy atom. The van der Waals surface area contributed by atoms with Crippen LogP contribution in [0.4, 0.5) is 0 Å². The van der Waals surface area contributed by atoms with E-state index in [9.17, 15) is 4.79 Å². The molecule has 1 aromatic heterocycles. The smallest absolute Gasteiger partial charge is 0.243 e. The van der Waals surface area contributed by atoms with Crippen molar-refractivity contribution in [2.45, 2.75) is 31.6 Å². The lowest BCUT2D eigenvalue weighted by atomic mass is 10.1. The Labute approximate surface area is 125 Å². The summed E-state index contributed by atoms with van der Waals surface area (Å²) in [6.45, 7) is 2.89. The topological polar surface area (TPSA) is 54.5 Å². The van der Waals surface area contributed by atoms with Gasteiger partial charge in [0.25, 0.3) is 0 Å². The van der Waals surface area contributed by atoms with Crippen molar-refractivity contribution in [1.29, 1.82) is 0 Å². The van der Waals surface area contributed by atoms with Crippen LogP contribution in [0.15, 0.2) is 36.5 Å². The summed E-state index contributed by atoms with van der Waals surface area (Å²) in [5, 5.41) is 3.17. The molecular weight excluding hydrogens is 266 g/mol. The van der Waals surface area contributed by atoms with E-state index in [4.69, 9.17) is 4.74 Å². The summed E-state index contributed by atoms with van der Waals surface area (Å²) in [4.78, 5) is 18.4. The summed E-state index contributed by atoms with van der Waals surface area (Å²) in [5.74, 6) is 0.187. The zero-order chi connectivity index (χ0) is 14.5. The molecule has 1 fully saturated rings. The second-order valence-electron chi connectivity index (χ2n) is 5.47. The highest BCUT2D eigenvalue weighted by Crippen LogP contribution is 2.16. The fourth-order valence-electron chi connectivity index (χ4n) is 2.76. The van der Waals surface area contributed by atoms with Gasteiger partial charge in [-0.15, -0.1) is 0 Å². The third-order valence-corrected chi connectivity index (χ3v) is 4.00. The Bertz CT molecular complexity index is 496. The van der Waals surface area contributed by atoms with Crippen LogP contribution < -0.4 is 5.32 Å². The average Bonchev–Trinajstić information content (AvgIpc) is 3.08. The minimum atomic E-state index is -0.129. The molecule has 1 atom stereocenters. The molecule has 21 heavy (non-hydrogen) atoms. The highest BCUT2D eigenvalue weighted by atomic mass is 16.5. The largest absolute Gasteiger partial charge is 0.372 e. The van der Waals surface area contributed by atoms with Crippen LogP contribution >= 0.6 is 0 Å². The summed E-state index contributed by atoms with van der Waals surface area (Å²) in [7, 11) is 0. The number of hydrogen-bond donors (Lipinski definition) is 1. The van der Waals surface area contributed by atoms with E-state index in [-0.39, 0.29) is 18.1 Å². The van der Waals surface area contributed by atoms with Crippen molar-refractivity contribution in [3.8, 4) is 0 Å². The molecule has 0 aromatic carbocycles. The minimum Gasteiger partial charge on any atom is -0.372 e. The Kier molecular flexibility index (Phi) is 4.62. The maximum absolute atomic E-state index is 12.2. The van der Waals surface area contributed by atoms with Crippen LogP contribution in [0, 0.1) is 0 Å². The number of pyridine rings is 1. The van der Waals surface area contributed by atoms with Crippen LogP contribution in [0.5, 0.6) is 0 Å². The lowest BCUT2D eigenvalue weighted by molar-refractivity contribution is -0.134. The number of rotatable bonds is 4. The van der Waals surface area contributed by atoms with E-state index >= 15 is 0 Å². The maximum Gasteiger partial charge on any atom is 0.243 e. The van der Waals surface area contributed by atoms with Gasteiger partial charge in [-0.05, 0) is 25.0 Å². The summed E-state index contributed by atoms with van der Waals surface area (Å²) in [6, 6.07) is 5.71. The zero-order valence-corrected chi connectivity index (χ0v) is 12.1. The van der Waals surface area contributed by atoms with Gasteiger partial charge >= 0.3 is 0 Å². The summed E-state index contributed by atoms with van der Waals surface area (Å²) >= 11 is 0. The third kappa shape index (κ3) is 3.68. The molecular formula is C16H21N3O2. The summed E-state index contributed by atoms with van der Waals surface area (Å²) in [6.07, 6.45) is 7.76. The number of hydrogen-bond acceptors (Lipinski definition) is 4. The van der Waals surface area contributed by atoms with Crippen molar-refractivity contribution in [3.63, 3.8) is 0 Å². The molecule has 5 heteroatoms. The minimum absolute atomic E-state index is 0.129. The Morgan fingerprint density at radius 2 is 2.24 bits per heavy atom. The quantitative estimate of drug-likeness (QED) is 0.843. The van der Waals surface area contributed by atoms with Gasteiger partial charge in [-0.3, -0.25) is 15.1 Å². The van der Waals surface area contributed by atoms with E-state index < -0.39 is 0 Å². The van der Waals surface area contributed by atoms with Crippen molar-refractivity contribution in [2.24, 2.45) is 0 Å². The predicted molar refractivity (Wildman–Crippen MR) is 79.6 cm³/mol. The maximum atomic E-state index is 12.2. The molecule has 1 aromatic rings. The first kappa shape index (κ1) is 14.2. The van der Waals surface area contributed by atoms with E-state index in [0.29, 0.717) is 6.61 Å². The van der Waals surface area contributed by atoms with Crippen LogP contribution in [0.25, 0.3) is 0 Å². The molecule has 0 bridgehead atoms. The first-order chi connectivity index (χ1) is 10.3. The molecule has 1 N–H and O–H groups in total. The SMILES string of the molecule is O=C(C1C=CCN1)N1CCC(OCc2ccccn2)CC1. The monoisotopic (exact) mass is 287 g/mol. The highest BCUT2D eigenvalue weighted by molar-refractivity contribution is 5.84. The number of carbonyl (C=O) groups excluding carboxylic acids is 1. The molecule has 2 aliphatic rings. The Hall–Kier alpha value is -1.72. The molecule has 0 spiro atoms. The normalized spacial score (nSPS) is 22.7. The molecule has 1 amide bonds. The zero-order valence-electron chi connectivity index (χ0n) is 12.1. The lowest BCUT2D eigenvalue weighted by Crippen LogP contribution is -2.48. The first-order valence-electron chi connectivity index (χ1n) is 7.53. The Balaban J connectivity index is 1.42. The second kappa shape index (κ2) is 6.83. The number of ether oxygens (including phenoxy) is 1. The molecule has 5 nitrogen and oxygen atoms in total. The summed E-state index contributed by atoms with van der Waals surface area (Å²) < 4.78 is 5.89. The number of carbonyl (C=O) groups is 1. The van der Waals surface area contributed by atoms with E-state index in [0.717, 1.165) is 38.2 Å². The van der Waals surface area contributed by atoms with E-state index in [1.165, 1.54) is 0 Å². The molecule has 0 radical (unpaired) electrons. The predicted octanol–water partition coefficient (Wildman–Crippen LogP) is 1.12. The molecule has 1 unspecified atom stereocenters. The van der Waals surface area contributed by atoms with E-state index in [1.807, 2.05) is 35.3 Å². The number of aromatic nitrogens is 1. The second-order valence-corrected chi connectivity index (χ2v) is 5.47. The fourth-order valence-corrected chi connectivity index (χ4v) is 2.76. The Morgan fingerprint density at radius 1 is 1.38 bits per heavy atom. The van der Waals surface area contributed by atoms with Gasteiger partial charge in [-0.2, -0.15) is 0 Å².